The van der Waals surface area contributed by atoms with Crippen LogP contribution >= 0.6 is 0 Å². The first-order chi connectivity index (χ1) is 13.2. The summed E-state index contributed by atoms with van der Waals surface area (Å²) in [5.41, 5.74) is 4.28. The van der Waals surface area contributed by atoms with Gasteiger partial charge in [0.1, 0.15) is 19.0 Å². The topological polar surface area (TPSA) is 134 Å². The molecule has 0 spiro atoms. The number of alkyl halides is 1. The minimum absolute atomic E-state index is 0.0218. The highest BCUT2D eigenvalue weighted by atomic mass is 19.1. The number of nitrogens with zero attached hydrogens (tertiary/aromatic N) is 4. The van der Waals surface area contributed by atoms with Crippen molar-refractivity contribution in [2.24, 2.45) is 11.8 Å². The van der Waals surface area contributed by atoms with Crippen LogP contribution in [0.15, 0.2) is 6.33 Å². The molecule has 3 N–H and O–H groups in total. The van der Waals surface area contributed by atoms with Gasteiger partial charge >= 0.3 is 5.97 Å². The average molecular weight is 394 g/mol. The molecule has 10 nitrogen and oxygen atoms in total. The Labute approximate surface area is 160 Å². The Hall–Kier alpha value is -2.82. The Morgan fingerprint density at radius 2 is 2.25 bits per heavy atom. The number of halogens is 1. The number of carbonyl (C=O) groups is 2. The highest BCUT2D eigenvalue weighted by Gasteiger charge is 2.56. The molecular formula is C17H23FN6O4. The lowest BCUT2D eigenvalue weighted by atomic mass is 9.89. The summed E-state index contributed by atoms with van der Waals surface area (Å²) in [6.45, 7) is 4.38. The third-order valence-electron chi connectivity index (χ3n) is 4.77. The first-order valence-corrected chi connectivity index (χ1v) is 8.84. The predicted octanol–water partition coefficient (Wildman–Crippen LogP) is 1.09. The second-order valence-corrected chi connectivity index (χ2v) is 7.13. The van der Waals surface area contributed by atoms with Gasteiger partial charge in [0.25, 0.3) is 0 Å². The Balaban J connectivity index is 1.96. The molecule has 0 radical (unpaired) electrons. The molecule has 1 saturated heterocycles. The summed E-state index contributed by atoms with van der Waals surface area (Å²) in [4.78, 5) is 35.7. The Morgan fingerprint density at radius 3 is 2.86 bits per heavy atom. The molecule has 3 heterocycles. The lowest BCUT2D eigenvalue weighted by molar-refractivity contribution is -0.153. The van der Waals surface area contributed by atoms with E-state index in [1.807, 2.05) is 0 Å². The van der Waals surface area contributed by atoms with E-state index in [1.165, 1.54) is 17.8 Å². The number of nitrogens with one attached hydrogen (secondary N) is 1. The highest BCUT2D eigenvalue weighted by Crippen LogP contribution is 2.45. The molecule has 4 atom stereocenters. The van der Waals surface area contributed by atoms with Crippen LogP contribution < -0.4 is 11.1 Å². The van der Waals surface area contributed by atoms with Crippen LogP contribution in [0.25, 0.3) is 11.2 Å². The van der Waals surface area contributed by atoms with Gasteiger partial charge in [-0.1, -0.05) is 13.8 Å². The van der Waals surface area contributed by atoms with Crippen LogP contribution in [0.3, 0.4) is 0 Å². The zero-order chi connectivity index (χ0) is 20.6. The molecule has 11 heteroatoms. The number of nitrogen functional groups attached to an aromatic ring is 1. The number of aldehydes is 1. The second-order valence-electron chi connectivity index (χ2n) is 7.13. The predicted molar refractivity (Wildman–Crippen MR) is 98.1 cm³/mol. The molecule has 1 aliphatic rings. The van der Waals surface area contributed by atoms with Crippen LogP contribution in [0.4, 0.5) is 16.2 Å². The minimum atomic E-state index is -2.09. The largest absolute Gasteiger partial charge is 0.463 e. The molecule has 1 fully saturated rings. The van der Waals surface area contributed by atoms with Gasteiger partial charge in [0.05, 0.1) is 18.2 Å². The Bertz CT molecular complexity index is 899. The van der Waals surface area contributed by atoms with E-state index < -0.39 is 29.9 Å². The zero-order valence-corrected chi connectivity index (χ0v) is 16.0. The van der Waals surface area contributed by atoms with E-state index in [0.29, 0.717) is 17.6 Å². The SMILES string of the molecule is CNc1nc(N)nc2c1ncn2[C@@H]1O[C@H](COC(=O)C(C)C)[C@@H](C=O)[C@@]1(C)F. The van der Waals surface area contributed by atoms with Crippen LogP contribution in [0.2, 0.25) is 0 Å². The number of fused-ring (bicyclic) bond motifs is 1. The Morgan fingerprint density at radius 1 is 1.54 bits per heavy atom. The number of aromatic nitrogens is 4. The van der Waals surface area contributed by atoms with Gasteiger partial charge in [-0.15, -0.1) is 0 Å². The number of esters is 1. The number of carbonyl (C=O) groups excluding carboxylic acids is 2. The van der Waals surface area contributed by atoms with Crippen molar-refractivity contribution in [1.29, 1.82) is 0 Å². The summed E-state index contributed by atoms with van der Waals surface area (Å²) in [5.74, 6) is -1.58. The fourth-order valence-electron chi connectivity index (χ4n) is 3.22. The molecule has 1 aliphatic heterocycles. The number of hydrogen-bond acceptors (Lipinski definition) is 9. The zero-order valence-electron chi connectivity index (χ0n) is 16.0. The van der Waals surface area contributed by atoms with E-state index in [1.54, 1.807) is 20.9 Å². The van der Waals surface area contributed by atoms with E-state index in [0.717, 1.165) is 0 Å². The number of anilines is 2. The van der Waals surface area contributed by atoms with E-state index in [4.69, 9.17) is 15.2 Å². The summed E-state index contributed by atoms with van der Waals surface area (Å²) in [6.07, 6.45) is -0.322. The maximum atomic E-state index is 15.6. The number of hydrogen-bond donors (Lipinski definition) is 2. The fourth-order valence-corrected chi connectivity index (χ4v) is 3.22. The van der Waals surface area contributed by atoms with Gasteiger partial charge in [-0.25, -0.2) is 9.37 Å². The monoisotopic (exact) mass is 394 g/mol. The summed E-state index contributed by atoms with van der Waals surface area (Å²) in [5, 5.41) is 2.85. The maximum Gasteiger partial charge on any atom is 0.308 e. The molecular weight excluding hydrogens is 371 g/mol. The van der Waals surface area contributed by atoms with Gasteiger partial charge in [-0.3, -0.25) is 9.36 Å². The van der Waals surface area contributed by atoms with Crippen molar-refractivity contribution in [3.05, 3.63) is 6.33 Å². The summed E-state index contributed by atoms with van der Waals surface area (Å²) in [6, 6.07) is 0. The van der Waals surface area contributed by atoms with E-state index in [2.05, 4.69) is 20.3 Å². The maximum absolute atomic E-state index is 15.6. The van der Waals surface area contributed by atoms with Crippen molar-refractivity contribution < 1.29 is 23.5 Å². The first-order valence-electron chi connectivity index (χ1n) is 8.84. The first kappa shape index (κ1) is 19.9. The molecule has 0 bridgehead atoms. The van der Waals surface area contributed by atoms with Crippen molar-refractivity contribution in [2.75, 3.05) is 24.7 Å². The van der Waals surface area contributed by atoms with Gasteiger partial charge in [-0.05, 0) is 6.92 Å². The van der Waals surface area contributed by atoms with Gasteiger partial charge in [0.2, 0.25) is 5.95 Å². The smallest absolute Gasteiger partial charge is 0.308 e. The third kappa shape index (κ3) is 3.26. The van der Waals surface area contributed by atoms with Crippen molar-refractivity contribution in [3.8, 4) is 0 Å². The van der Waals surface area contributed by atoms with Crippen LogP contribution in [0.5, 0.6) is 0 Å². The van der Waals surface area contributed by atoms with Crippen LogP contribution in [0.1, 0.15) is 27.0 Å². The Kier molecular flexibility index (Phi) is 5.20. The minimum Gasteiger partial charge on any atom is -0.463 e. The summed E-state index contributed by atoms with van der Waals surface area (Å²) in [7, 11) is 1.65. The molecule has 2 aromatic rings. The van der Waals surface area contributed by atoms with Crippen LogP contribution in [-0.2, 0) is 19.1 Å². The molecule has 0 unspecified atom stereocenters. The van der Waals surface area contributed by atoms with Crippen molar-refractivity contribution in [3.63, 3.8) is 0 Å². The van der Waals surface area contributed by atoms with Crippen molar-refractivity contribution >= 4 is 35.2 Å². The second kappa shape index (κ2) is 7.30. The highest BCUT2D eigenvalue weighted by molar-refractivity contribution is 5.84. The van der Waals surface area contributed by atoms with Crippen molar-refractivity contribution in [1.82, 2.24) is 19.5 Å². The number of nitrogens with two attached hydrogens (primary N) is 1. The molecule has 0 aliphatic carbocycles. The number of rotatable bonds is 6. The summed E-state index contributed by atoms with van der Waals surface area (Å²) >= 11 is 0. The molecule has 3 rings (SSSR count). The normalized spacial score (nSPS) is 27.3. The standard InChI is InChI=1S/C17H23FN6O4/c1-8(2)14(26)27-6-10-9(5-25)17(3,18)15(28-10)24-7-21-11-12(20-4)22-16(19)23-13(11)24/h5,7-10,15H,6H2,1-4H3,(H3,19,20,22,23)/t9-,10-,15-,17-/m1/s1. The molecule has 2 aromatic heterocycles. The fraction of sp³-hybridized carbons (Fsp3) is 0.588. The molecule has 0 aromatic carbocycles. The molecule has 0 saturated carbocycles. The van der Waals surface area contributed by atoms with Gasteiger partial charge in [0, 0.05) is 7.05 Å². The van der Waals surface area contributed by atoms with E-state index in [-0.39, 0.29) is 24.1 Å². The van der Waals surface area contributed by atoms with Crippen LogP contribution in [-0.4, -0.2) is 57.2 Å². The third-order valence-corrected chi connectivity index (χ3v) is 4.77. The number of ether oxygens (including phenoxy) is 2. The van der Waals surface area contributed by atoms with Crippen LogP contribution in [0, 0.1) is 11.8 Å². The number of imidazole rings is 1. The van der Waals surface area contributed by atoms with Gasteiger partial charge < -0.3 is 25.3 Å². The van der Waals surface area contributed by atoms with Gasteiger partial charge in [0.15, 0.2) is 28.9 Å². The molecule has 0 amide bonds. The lowest BCUT2D eigenvalue weighted by Crippen LogP contribution is -2.37. The van der Waals surface area contributed by atoms with E-state index in [9.17, 15) is 9.59 Å². The van der Waals surface area contributed by atoms with E-state index >= 15 is 4.39 Å². The average Bonchev–Trinajstić information content (AvgIpc) is 3.15. The van der Waals surface area contributed by atoms with Crippen molar-refractivity contribution in [2.45, 2.75) is 38.8 Å². The molecule has 28 heavy (non-hydrogen) atoms. The lowest BCUT2D eigenvalue weighted by Gasteiger charge is -2.24. The molecule has 152 valence electrons. The summed E-state index contributed by atoms with van der Waals surface area (Å²) < 4.78 is 27.9. The van der Waals surface area contributed by atoms with Gasteiger partial charge in [-0.2, -0.15) is 9.97 Å². The quantitative estimate of drug-likeness (QED) is 0.545.